The molecule has 2 atom stereocenters. The van der Waals surface area contributed by atoms with E-state index in [4.69, 9.17) is 4.74 Å². The Labute approximate surface area is 132 Å². The van der Waals surface area contributed by atoms with Gasteiger partial charge in [0.15, 0.2) is 0 Å². The van der Waals surface area contributed by atoms with E-state index in [0.717, 1.165) is 0 Å². The molecule has 0 saturated carbocycles. The molecule has 23 heavy (non-hydrogen) atoms. The molecule has 0 aromatic heterocycles. The number of nitrogens with zero attached hydrogens (tertiary/aromatic N) is 1. The second-order valence-electron chi connectivity index (χ2n) is 5.64. The van der Waals surface area contributed by atoms with Gasteiger partial charge in [0, 0.05) is 12.5 Å². The SMILES string of the molecule is CC(=O)C[C@@H]1CC[C@H](C(F)(F)F)N1C(=O)OCc1ccccc1. The molecule has 1 aromatic carbocycles. The van der Waals surface area contributed by atoms with Crippen LogP contribution in [0.1, 0.15) is 31.7 Å². The third-order valence-electron chi connectivity index (χ3n) is 3.82. The highest BCUT2D eigenvalue weighted by Gasteiger charge is 2.52. The highest BCUT2D eigenvalue weighted by atomic mass is 19.4. The van der Waals surface area contributed by atoms with Crippen LogP contribution in [-0.2, 0) is 16.1 Å². The van der Waals surface area contributed by atoms with E-state index in [1.54, 1.807) is 30.3 Å². The van der Waals surface area contributed by atoms with Crippen LogP contribution < -0.4 is 0 Å². The molecule has 1 amide bonds. The lowest BCUT2D eigenvalue weighted by Gasteiger charge is -2.30. The number of hydrogen-bond donors (Lipinski definition) is 0. The van der Waals surface area contributed by atoms with Crippen molar-refractivity contribution in [3.63, 3.8) is 0 Å². The Morgan fingerprint density at radius 3 is 2.43 bits per heavy atom. The van der Waals surface area contributed by atoms with E-state index in [0.29, 0.717) is 10.5 Å². The average Bonchev–Trinajstić information content (AvgIpc) is 2.89. The van der Waals surface area contributed by atoms with Crippen LogP contribution in [0.15, 0.2) is 30.3 Å². The molecule has 0 bridgehead atoms. The normalized spacial score (nSPS) is 21.3. The zero-order valence-electron chi connectivity index (χ0n) is 12.7. The summed E-state index contributed by atoms with van der Waals surface area (Å²) in [5.74, 6) is -0.251. The van der Waals surface area contributed by atoms with Crippen molar-refractivity contribution in [3.05, 3.63) is 35.9 Å². The number of Topliss-reactive ketones (excluding diaryl/α,β-unsaturated/α-hetero) is 1. The largest absolute Gasteiger partial charge is 0.445 e. The number of hydrogen-bond acceptors (Lipinski definition) is 3. The lowest BCUT2D eigenvalue weighted by molar-refractivity contribution is -0.175. The maximum Gasteiger partial charge on any atom is 0.410 e. The summed E-state index contributed by atoms with van der Waals surface area (Å²) >= 11 is 0. The molecule has 1 fully saturated rings. The molecule has 0 N–H and O–H groups in total. The predicted octanol–water partition coefficient (Wildman–Crippen LogP) is 3.70. The van der Waals surface area contributed by atoms with Gasteiger partial charge in [0.1, 0.15) is 18.4 Å². The summed E-state index contributed by atoms with van der Waals surface area (Å²) in [4.78, 5) is 24.1. The molecule has 2 rings (SSSR count). The topological polar surface area (TPSA) is 46.6 Å². The van der Waals surface area contributed by atoms with Crippen LogP contribution in [0.4, 0.5) is 18.0 Å². The van der Waals surface area contributed by atoms with Crippen molar-refractivity contribution in [2.75, 3.05) is 0 Å². The van der Waals surface area contributed by atoms with Crippen LogP contribution in [0.5, 0.6) is 0 Å². The summed E-state index contributed by atoms with van der Waals surface area (Å²) in [7, 11) is 0. The quantitative estimate of drug-likeness (QED) is 0.846. The summed E-state index contributed by atoms with van der Waals surface area (Å²) in [5.41, 5.74) is 0.687. The summed E-state index contributed by atoms with van der Waals surface area (Å²) in [6.07, 6.45) is -5.71. The molecule has 1 aromatic rings. The number of rotatable bonds is 4. The number of amides is 1. The van der Waals surface area contributed by atoms with Gasteiger partial charge in [-0.25, -0.2) is 4.79 Å². The highest BCUT2D eigenvalue weighted by Crippen LogP contribution is 2.37. The Hall–Kier alpha value is -2.05. The first kappa shape index (κ1) is 17.3. The molecule has 1 aliphatic heterocycles. The van der Waals surface area contributed by atoms with Crippen molar-refractivity contribution >= 4 is 11.9 Å². The minimum atomic E-state index is -4.53. The number of halogens is 3. The van der Waals surface area contributed by atoms with Crippen LogP contribution in [0.25, 0.3) is 0 Å². The molecule has 126 valence electrons. The van der Waals surface area contributed by atoms with Gasteiger partial charge in [-0.15, -0.1) is 0 Å². The van der Waals surface area contributed by atoms with Crippen LogP contribution in [0, 0.1) is 0 Å². The lowest BCUT2D eigenvalue weighted by Crippen LogP contribution is -2.48. The van der Waals surface area contributed by atoms with Gasteiger partial charge >= 0.3 is 12.3 Å². The van der Waals surface area contributed by atoms with E-state index >= 15 is 0 Å². The first-order chi connectivity index (χ1) is 10.8. The minimum Gasteiger partial charge on any atom is -0.445 e. The number of likely N-dealkylation sites (tertiary alicyclic amines) is 1. The number of carbonyl (C=O) groups is 2. The Balaban J connectivity index is 2.09. The summed E-state index contributed by atoms with van der Waals surface area (Å²) in [6.45, 7) is 1.20. The smallest absolute Gasteiger partial charge is 0.410 e. The number of ketones is 1. The zero-order chi connectivity index (χ0) is 17.0. The van der Waals surface area contributed by atoms with E-state index < -0.39 is 24.4 Å². The van der Waals surface area contributed by atoms with Gasteiger partial charge in [-0.1, -0.05) is 30.3 Å². The lowest BCUT2D eigenvalue weighted by atomic mass is 10.1. The van der Waals surface area contributed by atoms with E-state index in [-0.39, 0.29) is 31.7 Å². The summed E-state index contributed by atoms with van der Waals surface area (Å²) in [5, 5.41) is 0. The molecule has 0 unspecified atom stereocenters. The molecule has 1 heterocycles. The standard InChI is InChI=1S/C16H18F3NO3/c1-11(21)9-13-7-8-14(16(17,18)19)20(13)15(22)23-10-12-5-3-2-4-6-12/h2-6,13-14H,7-10H2,1H3/t13-,14+/m0/s1. The van der Waals surface area contributed by atoms with Gasteiger partial charge in [-0.3, -0.25) is 9.69 Å². The maximum absolute atomic E-state index is 13.1. The molecule has 0 spiro atoms. The van der Waals surface area contributed by atoms with E-state index in [9.17, 15) is 22.8 Å². The van der Waals surface area contributed by atoms with Crippen LogP contribution >= 0.6 is 0 Å². The average molecular weight is 329 g/mol. The second kappa shape index (κ2) is 7.02. The monoisotopic (exact) mass is 329 g/mol. The Bertz CT molecular complexity index is 559. The van der Waals surface area contributed by atoms with E-state index in [1.807, 2.05) is 0 Å². The molecular formula is C16H18F3NO3. The summed E-state index contributed by atoms with van der Waals surface area (Å²) in [6, 6.07) is 6.05. The van der Waals surface area contributed by atoms with Crippen LogP contribution in [-0.4, -0.2) is 35.0 Å². The van der Waals surface area contributed by atoms with Gasteiger partial charge < -0.3 is 4.74 Å². The molecule has 0 radical (unpaired) electrons. The highest BCUT2D eigenvalue weighted by molar-refractivity contribution is 5.77. The number of ether oxygens (including phenoxy) is 1. The van der Waals surface area contributed by atoms with Crippen molar-refractivity contribution < 1.29 is 27.5 Å². The Kier molecular flexibility index (Phi) is 5.28. The third kappa shape index (κ3) is 4.46. The van der Waals surface area contributed by atoms with E-state index in [1.165, 1.54) is 6.92 Å². The molecule has 0 aliphatic carbocycles. The van der Waals surface area contributed by atoms with Crippen molar-refractivity contribution in [1.29, 1.82) is 0 Å². The van der Waals surface area contributed by atoms with Gasteiger partial charge in [-0.05, 0) is 25.3 Å². The van der Waals surface area contributed by atoms with Crippen molar-refractivity contribution in [2.24, 2.45) is 0 Å². The fraction of sp³-hybridized carbons (Fsp3) is 0.500. The number of carbonyl (C=O) groups excluding carboxylic acids is 2. The first-order valence-electron chi connectivity index (χ1n) is 7.34. The first-order valence-corrected chi connectivity index (χ1v) is 7.34. The fourth-order valence-electron chi connectivity index (χ4n) is 2.81. The number of alkyl halides is 3. The molecule has 7 heteroatoms. The molecule has 4 nitrogen and oxygen atoms in total. The zero-order valence-corrected chi connectivity index (χ0v) is 12.7. The van der Waals surface area contributed by atoms with Crippen molar-refractivity contribution in [3.8, 4) is 0 Å². The van der Waals surface area contributed by atoms with Gasteiger partial charge in [0.25, 0.3) is 0 Å². The molecular weight excluding hydrogens is 311 g/mol. The number of benzene rings is 1. The van der Waals surface area contributed by atoms with E-state index in [2.05, 4.69) is 0 Å². The van der Waals surface area contributed by atoms with Crippen LogP contribution in [0.3, 0.4) is 0 Å². The maximum atomic E-state index is 13.1. The minimum absolute atomic E-state index is 0.0903. The second-order valence-corrected chi connectivity index (χ2v) is 5.64. The van der Waals surface area contributed by atoms with Crippen molar-refractivity contribution in [1.82, 2.24) is 4.90 Å². The van der Waals surface area contributed by atoms with Gasteiger partial charge in [0.05, 0.1) is 0 Å². The molecule has 1 saturated heterocycles. The van der Waals surface area contributed by atoms with Gasteiger partial charge in [-0.2, -0.15) is 13.2 Å². The Morgan fingerprint density at radius 2 is 1.87 bits per heavy atom. The predicted molar refractivity (Wildman–Crippen MR) is 76.6 cm³/mol. The summed E-state index contributed by atoms with van der Waals surface area (Å²) < 4.78 is 44.4. The van der Waals surface area contributed by atoms with Crippen LogP contribution in [0.2, 0.25) is 0 Å². The van der Waals surface area contributed by atoms with Gasteiger partial charge in [0.2, 0.25) is 0 Å². The fourth-order valence-corrected chi connectivity index (χ4v) is 2.81. The Morgan fingerprint density at radius 1 is 1.22 bits per heavy atom. The third-order valence-corrected chi connectivity index (χ3v) is 3.82. The molecule has 1 aliphatic rings. The van der Waals surface area contributed by atoms with Crippen molar-refractivity contribution in [2.45, 2.75) is 51.1 Å².